The fourth-order valence-electron chi connectivity index (χ4n) is 8.88. The fraction of sp³-hybridized carbons (Fsp3) is 0.423. The average Bonchev–Trinajstić information content (AvgIpc) is 1.59. The zero-order chi connectivity index (χ0) is 61.3. The van der Waals surface area contributed by atoms with Crippen molar-refractivity contribution in [1.29, 1.82) is 0 Å². The van der Waals surface area contributed by atoms with E-state index >= 15 is 0 Å². The molecule has 5 atom stereocenters. The molecule has 70 heavy (non-hydrogen) atoms. The van der Waals surface area contributed by atoms with Gasteiger partial charge in [0, 0.05) is 90.6 Å². The maximum absolute atomic E-state index is 8.50. The molecule has 12 rings (SSSR count). The van der Waals surface area contributed by atoms with Gasteiger partial charge in [0.1, 0.15) is 54.0 Å². The normalized spacial score (nSPS) is 27.7. The highest BCUT2D eigenvalue weighted by Crippen LogP contribution is 2.40. The van der Waals surface area contributed by atoms with E-state index in [1.807, 2.05) is 12.1 Å². The molecule has 0 spiro atoms. The minimum Gasteiger partial charge on any atom is -0.346 e. The van der Waals surface area contributed by atoms with Crippen LogP contribution in [0.1, 0.15) is 116 Å². The number of hydrogen-bond acceptors (Lipinski definition) is 9. The molecule has 0 bridgehead atoms. The standard InChI is InChI=1S/C18H20N6.2C17H18N6/c1-12-3-4-13(7-12)16(9-19-2)24-10-14(8-23-24)17-15-5-6-20-18(15)22-11-21-17;2*1-18-9-15(12-4-2-3-5-12)23-10-13(8-22-23)16-14-6-7-19-17(14)21-11-20-16/h5-6,8,10-13,16H,3-4,7,9H2,1H3,(H,20,21,22);2*6-8,10-12,15H,2-5,9H2,(H,19,20,21)/t12?,13?,16-;2*15-/m111/s1/i3D2,4D2,7D2,12D;4D2,5D2;2D2,3D2. The van der Waals surface area contributed by atoms with Gasteiger partial charge in [-0.3, -0.25) is 14.0 Å². The Balaban J connectivity index is 0.000000142. The lowest BCUT2D eigenvalue weighted by molar-refractivity contribution is 0.322. The van der Waals surface area contributed by atoms with E-state index in [9.17, 15) is 0 Å². The number of nitrogens with one attached hydrogen (secondary N) is 3. The quantitative estimate of drug-likeness (QED) is 0.100. The third-order valence-corrected chi connectivity index (χ3v) is 12.3. The Kier molecular flexibility index (Phi) is 9.38. The molecule has 3 aliphatic carbocycles. The molecule has 0 amide bonds. The van der Waals surface area contributed by atoms with Crippen molar-refractivity contribution in [2.24, 2.45) is 23.6 Å². The second kappa shape index (κ2) is 21.1. The second-order valence-electron chi connectivity index (χ2n) is 16.7. The molecule has 18 heteroatoms. The maximum Gasteiger partial charge on any atom is 0.237 e. The van der Waals surface area contributed by atoms with Gasteiger partial charge in [0.25, 0.3) is 0 Å². The van der Waals surface area contributed by atoms with Gasteiger partial charge in [-0.15, -0.1) is 0 Å². The van der Waals surface area contributed by atoms with Gasteiger partial charge in [-0.2, -0.15) is 15.3 Å². The Morgan fingerprint density at radius 2 is 0.971 bits per heavy atom. The summed E-state index contributed by atoms with van der Waals surface area (Å²) in [5, 5.41) is 15.5. The number of aromatic amines is 3. The first-order chi connectivity index (χ1) is 40.0. The van der Waals surface area contributed by atoms with E-state index in [4.69, 9.17) is 40.3 Å². The highest BCUT2D eigenvalue weighted by Gasteiger charge is 2.33. The van der Waals surface area contributed by atoms with Crippen molar-refractivity contribution in [1.82, 2.24) is 74.2 Å². The number of nitrogens with zero attached hydrogens (tertiary/aromatic N) is 15. The van der Waals surface area contributed by atoms with Gasteiger partial charge in [0.05, 0.1) is 35.7 Å². The van der Waals surface area contributed by atoms with Crippen molar-refractivity contribution in [2.75, 3.05) is 19.6 Å². The van der Waals surface area contributed by atoms with E-state index < -0.39 is 74.4 Å². The summed E-state index contributed by atoms with van der Waals surface area (Å²) in [6.45, 7) is 22.7. The van der Waals surface area contributed by atoms with E-state index in [1.165, 1.54) is 34.5 Å². The van der Waals surface area contributed by atoms with E-state index in [0.717, 1.165) is 45.6 Å². The van der Waals surface area contributed by atoms with Gasteiger partial charge in [0.2, 0.25) is 19.6 Å². The Morgan fingerprint density at radius 3 is 1.36 bits per heavy atom. The molecular weight excluding hydrogens is 877 g/mol. The summed E-state index contributed by atoms with van der Waals surface area (Å²) in [6.07, 6.45) is 4.62. The Bertz CT molecular complexity index is 3970. The summed E-state index contributed by atoms with van der Waals surface area (Å²) in [4.78, 5) is 44.8. The molecule has 354 valence electrons. The molecule has 3 saturated carbocycles. The SMILES string of the molecule is [2H]C1([2H])C([C@@H](C[N+]#[C-])n2cc(-c3ncnc4[nH]ccc34)cn2)C([2H])([2H])C([2H])(C)C1([2H])[2H].[2H]C1([2H])CC([C@@H](C[N+]#[C-])n2cc(-c3ncnc4[nH]ccc34)cn2)CC1([2H])[2H].[2H]C1([2H])CCC([2H])([2H])C1[C@@H](C[N+]#[C-])n1cc(-c2ncnc3[nH]ccc23)cn1. The van der Waals surface area contributed by atoms with Gasteiger partial charge in [-0.05, 0) is 80.2 Å². The van der Waals surface area contributed by atoms with E-state index in [-0.39, 0.29) is 57.3 Å². The van der Waals surface area contributed by atoms with Crippen LogP contribution in [0.5, 0.6) is 0 Å². The predicted molar refractivity (Wildman–Crippen MR) is 267 cm³/mol. The zero-order valence-electron chi connectivity index (χ0n) is 52.8. The summed E-state index contributed by atoms with van der Waals surface area (Å²) < 4.78 is 128. The highest BCUT2D eigenvalue weighted by molar-refractivity contribution is 5.91. The summed E-state index contributed by atoms with van der Waals surface area (Å²) >= 11 is 0. The van der Waals surface area contributed by atoms with Crippen molar-refractivity contribution < 1.29 is 20.6 Å². The number of rotatable bonds is 12. The van der Waals surface area contributed by atoms with Crippen molar-refractivity contribution in [3.63, 3.8) is 0 Å². The smallest absolute Gasteiger partial charge is 0.237 e. The number of fused-ring (bicyclic) bond motifs is 3. The Hall–Kier alpha value is -8.04. The molecule has 0 radical (unpaired) electrons. The number of hydrogen-bond donors (Lipinski definition) is 3. The van der Waals surface area contributed by atoms with Crippen LogP contribution in [-0.4, -0.2) is 93.8 Å². The molecule has 0 saturated heterocycles. The molecule has 3 N–H and O–H groups in total. The van der Waals surface area contributed by atoms with Gasteiger partial charge in [-0.1, -0.05) is 38.9 Å². The summed E-state index contributed by atoms with van der Waals surface area (Å²) in [6, 6.07) is 3.36. The lowest BCUT2D eigenvalue weighted by Gasteiger charge is -2.19. The summed E-state index contributed by atoms with van der Waals surface area (Å²) in [7, 11) is 0. The van der Waals surface area contributed by atoms with Crippen LogP contribution in [0.15, 0.2) is 93.0 Å². The van der Waals surface area contributed by atoms with Crippen molar-refractivity contribution in [3.05, 3.63) is 127 Å². The molecule has 3 fully saturated rings. The maximum atomic E-state index is 8.50. The van der Waals surface area contributed by atoms with Gasteiger partial charge >= 0.3 is 0 Å². The highest BCUT2D eigenvalue weighted by atomic mass is 15.3. The Labute approximate surface area is 427 Å². The van der Waals surface area contributed by atoms with E-state index in [1.54, 1.807) is 60.3 Å². The first kappa shape index (κ1) is 31.2. The molecule has 9 aromatic rings. The minimum atomic E-state index is -2.78. The van der Waals surface area contributed by atoms with Crippen molar-refractivity contribution in [2.45, 2.75) is 95.3 Å². The minimum absolute atomic E-state index is 0.0336. The lowest BCUT2D eigenvalue weighted by atomic mass is 9.97. The van der Waals surface area contributed by atoms with E-state index in [0.29, 0.717) is 28.2 Å². The van der Waals surface area contributed by atoms with Crippen LogP contribution in [0.2, 0.25) is 0 Å². The zero-order valence-corrected chi connectivity index (χ0v) is 37.8. The first-order valence-corrected chi connectivity index (χ1v) is 22.5. The first-order valence-electron chi connectivity index (χ1n) is 30.0. The fourth-order valence-corrected chi connectivity index (χ4v) is 8.88. The van der Waals surface area contributed by atoms with Crippen LogP contribution in [0.25, 0.3) is 81.4 Å². The van der Waals surface area contributed by atoms with Crippen molar-refractivity contribution >= 4 is 33.1 Å². The Morgan fingerprint density at radius 1 is 0.571 bits per heavy atom. The molecule has 2 unspecified atom stereocenters. The third-order valence-electron chi connectivity index (χ3n) is 12.3. The summed E-state index contributed by atoms with van der Waals surface area (Å²) in [5.41, 5.74) is 6.10. The molecule has 18 nitrogen and oxygen atoms in total. The molecule has 9 heterocycles. The van der Waals surface area contributed by atoms with Crippen LogP contribution in [0.3, 0.4) is 0 Å². The second-order valence-corrected chi connectivity index (χ2v) is 16.7. The lowest BCUT2D eigenvalue weighted by Crippen LogP contribution is -2.20. The predicted octanol–water partition coefficient (Wildman–Crippen LogP) is 10.7. The van der Waals surface area contributed by atoms with Crippen LogP contribution in [0, 0.1) is 43.4 Å². The molecule has 0 aromatic carbocycles. The number of H-pyrrole nitrogens is 3. The number of aromatic nitrogens is 15. The third kappa shape index (κ3) is 9.65. The van der Waals surface area contributed by atoms with Crippen LogP contribution in [0.4, 0.5) is 0 Å². The van der Waals surface area contributed by atoms with Gasteiger partial charge in [0.15, 0.2) is 0 Å². The van der Waals surface area contributed by atoms with Crippen LogP contribution >= 0.6 is 0 Å². The van der Waals surface area contributed by atoms with E-state index in [2.05, 4.69) is 74.7 Å². The topological polar surface area (TPSA) is 191 Å². The van der Waals surface area contributed by atoms with Crippen LogP contribution in [-0.2, 0) is 0 Å². The van der Waals surface area contributed by atoms with Gasteiger partial charge in [-0.25, -0.2) is 49.6 Å². The summed E-state index contributed by atoms with van der Waals surface area (Å²) in [5.74, 6) is -5.22. The average molecular weight is 948 g/mol. The largest absolute Gasteiger partial charge is 0.346 e. The van der Waals surface area contributed by atoms with Gasteiger partial charge < -0.3 is 29.5 Å². The van der Waals surface area contributed by atoms with Crippen LogP contribution < -0.4 is 0 Å². The molecule has 9 aromatic heterocycles. The van der Waals surface area contributed by atoms with Crippen molar-refractivity contribution in [3.8, 4) is 33.8 Å². The molecule has 3 aliphatic rings. The molecular formula is C52H56N18. The monoisotopic (exact) mass is 948 g/mol. The molecule has 0 aliphatic heterocycles.